The third-order valence-corrected chi connectivity index (χ3v) is 6.89. The van der Waals surface area contributed by atoms with Gasteiger partial charge in [-0.25, -0.2) is 9.97 Å². The van der Waals surface area contributed by atoms with Crippen LogP contribution in [0.3, 0.4) is 0 Å². The Morgan fingerprint density at radius 1 is 1.03 bits per heavy atom. The van der Waals surface area contributed by atoms with Crippen LogP contribution in [0, 0.1) is 19.8 Å². The molecular weight excluding hydrogens is 384 g/mol. The van der Waals surface area contributed by atoms with Gasteiger partial charge in [-0.1, -0.05) is 31.0 Å². The second kappa shape index (κ2) is 10.4. The van der Waals surface area contributed by atoms with Crippen LogP contribution in [0.1, 0.15) is 68.3 Å². The first-order valence-electron chi connectivity index (χ1n) is 10.9. The Balaban J connectivity index is 1.44. The maximum atomic E-state index is 12.7. The van der Waals surface area contributed by atoms with E-state index in [9.17, 15) is 9.59 Å². The second-order valence-corrected chi connectivity index (χ2v) is 9.13. The Kier molecular flexibility index (Phi) is 7.92. The van der Waals surface area contributed by atoms with E-state index in [1.165, 1.54) is 31.0 Å². The van der Waals surface area contributed by atoms with Gasteiger partial charge in [-0.2, -0.15) is 0 Å². The van der Waals surface area contributed by atoms with Crippen LogP contribution in [0.5, 0.6) is 0 Å². The number of nitrogens with one attached hydrogen (secondary N) is 1. The third kappa shape index (κ3) is 5.93. The van der Waals surface area contributed by atoms with Crippen LogP contribution < -0.4 is 5.32 Å². The lowest BCUT2D eigenvalue weighted by Gasteiger charge is -2.33. The highest BCUT2D eigenvalue weighted by Crippen LogP contribution is 2.24. The van der Waals surface area contributed by atoms with Crippen molar-refractivity contribution >= 4 is 23.6 Å². The predicted molar refractivity (Wildman–Crippen MR) is 116 cm³/mol. The first-order valence-corrected chi connectivity index (χ1v) is 12.2. The number of thioether (sulfide) groups is 1. The van der Waals surface area contributed by atoms with Crippen molar-refractivity contribution in [1.29, 1.82) is 0 Å². The molecule has 0 aromatic carbocycles. The molecule has 2 heterocycles. The molecule has 3 rings (SSSR count). The summed E-state index contributed by atoms with van der Waals surface area (Å²) in [6, 6.07) is 0.213. The number of carbonyl (C=O) groups is 2. The SMILES string of the molecule is CSc1nc(C)c(CCC(=O)N2CCC(NC(=O)C3CCCCC3)CC2)c(C)n1. The van der Waals surface area contributed by atoms with Gasteiger partial charge in [-0.05, 0) is 57.8 Å². The van der Waals surface area contributed by atoms with Gasteiger partial charge in [0, 0.05) is 42.9 Å². The lowest BCUT2D eigenvalue weighted by Crippen LogP contribution is -2.48. The Hall–Kier alpha value is -1.63. The quantitative estimate of drug-likeness (QED) is 0.566. The van der Waals surface area contributed by atoms with E-state index in [0.717, 1.165) is 60.9 Å². The van der Waals surface area contributed by atoms with E-state index >= 15 is 0 Å². The molecule has 0 spiro atoms. The molecule has 29 heavy (non-hydrogen) atoms. The molecule has 0 unspecified atom stereocenters. The number of hydrogen-bond acceptors (Lipinski definition) is 5. The Labute approximate surface area is 178 Å². The van der Waals surface area contributed by atoms with E-state index in [0.29, 0.717) is 12.8 Å². The molecule has 0 bridgehead atoms. The summed E-state index contributed by atoms with van der Waals surface area (Å²) in [7, 11) is 0. The molecule has 1 saturated heterocycles. The summed E-state index contributed by atoms with van der Waals surface area (Å²) in [5.74, 6) is 0.624. The zero-order valence-corrected chi connectivity index (χ0v) is 18.8. The molecule has 0 atom stereocenters. The topological polar surface area (TPSA) is 75.2 Å². The van der Waals surface area contributed by atoms with Gasteiger partial charge in [0.1, 0.15) is 0 Å². The van der Waals surface area contributed by atoms with Gasteiger partial charge in [-0.15, -0.1) is 0 Å². The molecule has 0 radical (unpaired) electrons. The first-order chi connectivity index (χ1) is 14.0. The minimum Gasteiger partial charge on any atom is -0.353 e. The summed E-state index contributed by atoms with van der Waals surface area (Å²) < 4.78 is 0. The highest BCUT2D eigenvalue weighted by molar-refractivity contribution is 7.98. The molecule has 1 aliphatic heterocycles. The fourth-order valence-electron chi connectivity index (χ4n) is 4.51. The van der Waals surface area contributed by atoms with Crippen LogP contribution in [-0.4, -0.2) is 52.1 Å². The third-order valence-electron chi connectivity index (χ3n) is 6.34. The molecule has 2 amide bonds. The zero-order valence-electron chi connectivity index (χ0n) is 18.0. The molecule has 1 aromatic rings. The van der Waals surface area contributed by atoms with Gasteiger partial charge >= 0.3 is 0 Å². The van der Waals surface area contributed by atoms with Crippen molar-refractivity contribution in [2.75, 3.05) is 19.3 Å². The van der Waals surface area contributed by atoms with Crippen LogP contribution in [-0.2, 0) is 16.0 Å². The molecule has 7 heteroatoms. The van der Waals surface area contributed by atoms with E-state index in [-0.39, 0.29) is 23.8 Å². The molecule has 6 nitrogen and oxygen atoms in total. The minimum absolute atomic E-state index is 0.190. The summed E-state index contributed by atoms with van der Waals surface area (Å²) >= 11 is 1.54. The van der Waals surface area contributed by atoms with Crippen molar-refractivity contribution in [2.45, 2.75) is 82.8 Å². The van der Waals surface area contributed by atoms with Crippen LogP contribution >= 0.6 is 11.8 Å². The summed E-state index contributed by atoms with van der Waals surface area (Å²) in [5, 5.41) is 4.02. The van der Waals surface area contributed by atoms with Gasteiger partial charge in [-0.3, -0.25) is 9.59 Å². The smallest absolute Gasteiger partial charge is 0.223 e. The van der Waals surface area contributed by atoms with Crippen molar-refractivity contribution in [3.8, 4) is 0 Å². The normalized spacial score (nSPS) is 18.7. The fraction of sp³-hybridized carbons (Fsp3) is 0.727. The Morgan fingerprint density at radius 3 is 2.24 bits per heavy atom. The van der Waals surface area contributed by atoms with Gasteiger partial charge < -0.3 is 10.2 Å². The van der Waals surface area contributed by atoms with Crippen LogP contribution in [0.15, 0.2) is 5.16 Å². The van der Waals surface area contributed by atoms with Crippen molar-refractivity contribution in [1.82, 2.24) is 20.2 Å². The van der Waals surface area contributed by atoms with E-state index in [1.807, 2.05) is 25.0 Å². The molecule has 1 N–H and O–H groups in total. The van der Waals surface area contributed by atoms with E-state index in [4.69, 9.17) is 0 Å². The van der Waals surface area contributed by atoms with Crippen LogP contribution in [0.25, 0.3) is 0 Å². The number of aromatic nitrogens is 2. The van der Waals surface area contributed by atoms with Gasteiger partial charge in [0.25, 0.3) is 0 Å². The molecule has 1 aliphatic carbocycles. The standard InChI is InChI=1S/C22H34N4O2S/c1-15-19(16(2)24-22(23-15)29-3)9-10-20(27)26-13-11-18(12-14-26)25-21(28)17-7-5-4-6-8-17/h17-18H,4-14H2,1-3H3,(H,25,28). The molecule has 2 fully saturated rings. The lowest BCUT2D eigenvalue weighted by atomic mass is 9.88. The highest BCUT2D eigenvalue weighted by Gasteiger charge is 2.27. The van der Waals surface area contributed by atoms with Crippen molar-refractivity contribution < 1.29 is 9.59 Å². The first kappa shape index (κ1) is 22.1. The van der Waals surface area contributed by atoms with Gasteiger partial charge in [0.05, 0.1) is 0 Å². The van der Waals surface area contributed by atoms with Crippen molar-refractivity contribution in [2.24, 2.45) is 5.92 Å². The summed E-state index contributed by atoms with van der Waals surface area (Å²) in [6.07, 6.45) is 10.5. The van der Waals surface area contributed by atoms with Crippen LogP contribution in [0.4, 0.5) is 0 Å². The van der Waals surface area contributed by atoms with E-state index in [1.54, 1.807) is 0 Å². The average molecular weight is 419 g/mol. The number of amides is 2. The average Bonchev–Trinajstić information content (AvgIpc) is 2.74. The molecular formula is C22H34N4O2S. The predicted octanol–water partition coefficient (Wildman–Crippen LogP) is 3.44. The number of aryl methyl sites for hydroxylation is 2. The largest absolute Gasteiger partial charge is 0.353 e. The van der Waals surface area contributed by atoms with Crippen molar-refractivity contribution in [3.05, 3.63) is 17.0 Å². The van der Waals surface area contributed by atoms with Crippen LogP contribution in [0.2, 0.25) is 0 Å². The number of hydrogen-bond donors (Lipinski definition) is 1. The number of carbonyl (C=O) groups excluding carboxylic acids is 2. The van der Waals surface area contributed by atoms with Gasteiger partial charge in [0.2, 0.25) is 11.8 Å². The Bertz CT molecular complexity index is 703. The highest BCUT2D eigenvalue weighted by atomic mass is 32.2. The monoisotopic (exact) mass is 418 g/mol. The second-order valence-electron chi connectivity index (χ2n) is 8.36. The lowest BCUT2D eigenvalue weighted by molar-refractivity contribution is -0.132. The number of piperidine rings is 1. The number of likely N-dealkylation sites (tertiary alicyclic amines) is 1. The maximum absolute atomic E-state index is 12.7. The molecule has 160 valence electrons. The number of rotatable bonds is 6. The minimum atomic E-state index is 0.190. The van der Waals surface area contributed by atoms with E-state index in [2.05, 4.69) is 15.3 Å². The summed E-state index contributed by atoms with van der Waals surface area (Å²) in [4.78, 5) is 36.1. The number of nitrogens with zero attached hydrogens (tertiary/aromatic N) is 3. The van der Waals surface area contributed by atoms with E-state index < -0.39 is 0 Å². The zero-order chi connectivity index (χ0) is 20.8. The molecule has 2 aliphatic rings. The molecule has 1 aromatic heterocycles. The Morgan fingerprint density at radius 2 is 1.66 bits per heavy atom. The maximum Gasteiger partial charge on any atom is 0.223 e. The summed E-state index contributed by atoms with van der Waals surface area (Å²) in [5.41, 5.74) is 3.03. The fourth-order valence-corrected chi connectivity index (χ4v) is 4.97. The van der Waals surface area contributed by atoms with Crippen molar-refractivity contribution in [3.63, 3.8) is 0 Å². The summed E-state index contributed by atoms with van der Waals surface area (Å²) in [6.45, 7) is 5.45. The van der Waals surface area contributed by atoms with Gasteiger partial charge in [0.15, 0.2) is 5.16 Å². The molecule has 1 saturated carbocycles.